The normalized spacial score (nSPS) is 11.8. The van der Waals surface area contributed by atoms with E-state index in [2.05, 4.69) is 15.2 Å². The molecular weight excluding hydrogens is 283 g/mol. The third kappa shape index (κ3) is 2.37. The van der Waals surface area contributed by atoms with Gasteiger partial charge in [0.2, 0.25) is 0 Å². The molecule has 0 fully saturated rings. The summed E-state index contributed by atoms with van der Waals surface area (Å²) in [5.74, 6) is -0.0800. The van der Waals surface area contributed by atoms with Crippen molar-refractivity contribution >= 4 is 10.9 Å². The highest BCUT2D eigenvalue weighted by atomic mass is 19.4. The van der Waals surface area contributed by atoms with Gasteiger partial charge in [-0.25, -0.2) is 0 Å². The monoisotopic (exact) mass is 291 g/mol. The van der Waals surface area contributed by atoms with Crippen molar-refractivity contribution in [1.29, 1.82) is 0 Å². The lowest BCUT2D eigenvalue weighted by Gasteiger charge is -2.12. The molecular formula is C14H8F3N3O. The maximum absolute atomic E-state index is 13.0. The summed E-state index contributed by atoms with van der Waals surface area (Å²) in [5, 5.41) is 17.4. The van der Waals surface area contributed by atoms with E-state index in [0.717, 1.165) is 6.07 Å². The molecule has 0 aliphatic heterocycles. The number of alkyl halides is 3. The Bertz CT molecular complexity index is 818. The standard InChI is InChI=1S/C14H8F3N3O/c15-14(16,17)10-2-1-5-18-13(10)8-3-4-9-11(6-8)20-19-7-12(9)21/h1-7H,(H,20,21). The Hall–Kier alpha value is -2.70. The lowest BCUT2D eigenvalue weighted by Crippen LogP contribution is -2.08. The molecule has 2 aromatic heterocycles. The van der Waals surface area contributed by atoms with Crippen LogP contribution in [0.5, 0.6) is 5.75 Å². The summed E-state index contributed by atoms with van der Waals surface area (Å²) in [6, 6.07) is 6.57. The Morgan fingerprint density at radius 1 is 1.10 bits per heavy atom. The Balaban J connectivity index is 2.22. The van der Waals surface area contributed by atoms with Gasteiger partial charge in [-0.15, -0.1) is 0 Å². The zero-order valence-corrected chi connectivity index (χ0v) is 10.5. The number of benzene rings is 1. The Morgan fingerprint density at radius 3 is 2.67 bits per heavy atom. The van der Waals surface area contributed by atoms with Gasteiger partial charge in [0, 0.05) is 17.1 Å². The average molecular weight is 291 g/mol. The van der Waals surface area contributed by atoms with E-state index >= 15 is 0 Å². The van der Waals surface area contributed by atoms with Gasteiger partial charge in [0.25, 0.3) is 0 Å². The van der Waals surface area contributed by atoms with Crippen LogP contribution in [0.1, 0.15) is 5.56 Å². The van der Waals surface area contributed by atoms with Gasteiger partial charge in [-0.3, -0.25) is 4.98 Å². The maximum atomic E-state index is 13.0. The zero-order valence-electron chi connectivity index (χ0n) is 10.5. The van der Waals surface area contributed by atoms with Crippen molar-refractivity contribution in [2.75, 3.05) is 0 Å². The van der Waals surface area contributed by atoms with Gasteiger partial charge >= 0.3 is 6.18 Å². The van der Waals surface area contributed by atoms with Gasteiger partial charge < -0.3 is 5.11 Å². The quantitative estimate of drug-likeness (QED) is 0.746. The van der Waals surface area contributed by atoms with Crippen LogP contribution in [0.2, 0.25) is 0 Å². The van der Waals surface area contributed by atoms with Crippen molar-refractivity contribution < 1.29 is 18.3 Å². The van der Waals surface area contributed by atoms with Gasteiger partial charge in [-0.05, 0) is 24.3 Å². The highest BCUT2D eigenvalue weighted by Crippen LogP contribution is 2.36. The minimum Gasteiger partial charge on any atom is -0.506 e. The summed E-state index contributed by atoms with van der Waals surface area (Å²) in [6.45, 7) is 0. The molecule has 1 aromatic carbocycles. The minimum absolute atomic E-state index is 0.0800. The van der Waals surface area contributed by atoms with Gasteiger partial charge in [-0.1, -0.05) is 6.07 Å². The van der Waals surface area contributed by atoms with Crippen LogP contribution in [0.25, 0.3) is 22.2 Å². The van der Waals surface area contributed by atoms with Gasteiger partial charge in [0.15, 0.2) is 0 Å². The number of aromatic hydroxyl groups is 1. The van der Waals surface area contributed by atoms with E-state index < -0.39 is 11.7 Å². The molecule has 21 heavy (non-hydrogen) atoms. The van der Waals surface area contributed by atoms with Crippen molar-refractivity contribution in [3.8, 4) is 17.0 Å². The Morgan fingerprint density at radius 2 is 1.90 bits per heavy atom. The van der Waals surface area contributed by atoms with E-state index in [4.69, 9.17) is 0 Å². The molecule has 0 unspecified atom stereocenters. The van der Waals surface area contributed by atoms with E-state index in [1.165, 1.54) is 36.7 Å². The molecule has 2 heterocycles. The second kappa shape index (κ2) is 4.69. The third-order valence-electron chi connectivity index (χ3n) is 3.01. The zero-order chi connectivity index (χ0) is 15.0. The van der Waals surface area contributed by atoms with Crippen LogP contribution in [-0.4, -0.2) is 20.3 Å². The highest BCUT2D eigenvalue weighted by molar-refractivity contribution is 5.87. The van der Waals surface area contributed by atoms with Crippen molar-refractivity contribution in [3.63, 3.8) is 0 Å². The van der Waals surface area contributed by atoms with Crippen LogP contribution in [0.15, 0.2) is 42.7 Å². The lowest BCUT2D eigenvalue weighted by atomic mass is 10.0. The lowest BCUT2D eigenvalue weighted by molar-refractivity contribution is -0.137. The fourth-order valence-electron chi connectivity index (χ4n) is 2.06. The molecule has 0 spiro atoms. The molecule has 0 atom stereocenters. The molecule has 0 amide bonds. The first-order chi connectivity index (χ1) is 9.97. The summed E-state index contributed by atoms with van der Waals surface area (Å²) < 4.78 is 39.0. The first kappa shape index (κ1) is 13.3. The second-order valence-corrected chi connectivity index (χ2v) is 4.36. The van der Waals surface area contributed by atoms with Crippen molar-refractivity contribution in [1.82, 2.24) is 15.2 Å². The first-order valence-electron chi connectivity index (χ1n) is 5.94. The van der Waals surface area contributed by atoms with Crippen LogP contribution in [0.3, 0.4) is 0 Å². The Labute approximate surface area is 116 Å². The predicted molar refractivity (Wildman–Crippen MR) is 69.4 cm³/mol. The number of hydrogen-bond acceptors (Lipinski definition) is 4. The van der Waals surface area contributed by atoms with Gasteiger partial charge in [0.05, 0.1) is 23.0 Å². The summed E-state index contributed by atoms with van der Waals surface area (Å²) in [4.78, 5) is 3.81. The predicted octanol–water partition coefficient (Wildman–Crippen LogP) is 3.42. The summed E-state index contributed by atoms with van der Waals surface area (Å²) >= 11 is 0. The number of pyridine rings is 1. The molecule has 106 valence electrons. The molecule has 3 aromatic rings. The van der Waals surface area contributed by atoms with Crippen molar-refractivity contribution in [2.24, 2.45) is 0 Å². The smallest absolute Gasteiger partial charge is 0.418 e. The molecule has 0 aliphatic carbocycles. The molecule has 7 heteroatoms. The summed E-state index contributed by atoms with van der Waals surface area (Å²) in [7, 11) is 0. The molecule has 0 radical (unpaired) electrons. The second-order valence-electron chi connectivity index (χ2n) is 4.36. The van der Waals surface area contributed by atoms with Crippen LogP contribution < -0.4 is 0 Å². The average Bonchev–Trinajstić information content (AvgIpc) is 2.46. The number of fused-ring (bicyclic) bond motifs is 1. The van der Waals surface area contributed by atoms with Gasteiger partial charge in [-0.2, -0.15) is 23.4 Å². The van der Waals surface area contributed by atoms with E-state index in [9.17, 15) is 18.3 Å². The van der Waals surface area contributed by atoms with E-state index in [0.29, 0.717) is 10.9 Å². The highest BCUT2D eigenvalue weighted by Gasteiger charge is 2.34. The topological polar surface area (TPSA) is 58.9 Å². The molecule has 0 saturated carbocycles. The molecule has 3 rings (SSSR count). The molecule has 4 nitrogen and oxygen atoms in total. The number of halogens is 3. The first-order valence-corrected chi connectivity index (χ1v) is 5.94. The van der Waals surface area contributed by atoms with Crippen molar-refractivity contribution in [2.45, 2.75) is 6.18 Å². The molecule has 0 bridgehead atoms. The van der Waals surface area contributed by atoms with E-state index in [1.54, 1.807) is 0 Å². The fourth-order valence-corrected chi connectivity index (χ4v) is 2.06. The Kier molecular flexibility index (Phi) is 2.97. The fraction of sp³-hybridized carbons (Fsp3) is 0.0714. The number of nitrogens with zero attached hydrogens (tertiary/aromatic N) is 3. The summed E-state index contributed by atoms with van der Waals surface area (Å²) in [6.07, 6.45) is -2.03. The minimum atomic E-state index is -4.50. The van der Waals surface area contributed by atoms with Crippen molar-refractivity contribution in [3.05, 3.63) is 48.3 Å². The largest absolute Gasteiger partial charge is 0.506 e. The number of hydrogen-bond donors (Lipinski definition) is 1. The number of aromatic nitrogens is 3. The molecule has 1 N–H and O–H groups in total. The third-order valence-corrected chi connectivity index (χ3v) is 3.01. The van der Waals surface area contributed by atoms with E-state index in [1.807, 2.05) is 0 Å². The molecule has 0 aliphatic rings. The number of rotatable bonds is 1. The van der Waals surface area contributed by atoms with Crippen LogP contribution in [-0.2, 0) is 6.18 Å². The van der Waals surface area contributed by atoms with E-state index in [-0.39, 0.29) is 17.0 Å². The maximum Gasteiger partial charge on any atom is 0.418 e. The van der Waals surface area contributed by atoms with Crippen LogP contribution >= 0.6 is 0 Å². The summed E-state index contributed by atoms with van der Waals surface area (Å²) in [5.41, 5.74) is -0.448. The van der Waals surface area contributed by atoms with Crippen LogP contribution in [0.4, 0.5) is 13.2 Å². The van der Waals surface area contributed by atoms with Gasteiger partial charge in [0.1, 0.15) is 5.75 Å². The SMILES string of the molecule is Oc1cnnc2cc(-c3ncccc3C(F)(F)F)ccc12. The van der Waals surface area contributed by atoms with Crippen LogP contribution in [0, 0.1) is 0 Å². The molecule has 0 saturated heterocycles.